The van der Waals surface area contributed by atoms with Crippen molar-refractivity contribution in [2.24, 2.45) is 11.7 Å². The normalized spacial score (nSPS) is 16.9. The monoisotopic (exact) mass is 235 g/mol. The molecule has 0 saturated carbocycles. The Kier molecular flexibility index (Phi) is 7.82. The maximum absolute atomic E-state index is 11.0. The van der Waals surface area contributed by atoms with E-state index in [2.05, 4.69) is 11.7 Å². The van der Waals surface area contributed by atoms with Crippen molar-refractivity contribution in [3.63, 3.8) is 0 Å². The summed E-state index contributed by atoms with van der Waals surface area (Å²) in [5.41, 5.74) is 5.61. The highest BCUT2D eigenvalue weighted by Gasteiger charge is 2.19. The summed E-state index contributed by atoms with van der Waals surface area (Å²) in [6, 6.07) is -0.569. The van der Waals surface area contributed by atoms with Crippen LogP contribution in [0.1, 0.15) is 20.3 Å². The first-order valence-corrected chi connectivity index (χ1v) is 6.17. The first kappa shape index (κ1) is 14.7. The molecule has 4 nitrogen and oxygen atoms in total. The van der Waals surface area contributed by atoms with Gasteiger partial charge >= 0.3 is 5.97 Å². The molecule has 3 N–H and O–H groups in total. The number of nitrogens with two attached hydrogens (primary N) is 1. The molecule has 0 spiro atoms. The Morgan fingerprint density at radius 2 is 2.20 bits per heavy atom. The quantitative estimate of drug-likeness (QED) is 0.633. The fourth-order valence-electron chi connectivity index (χ4n) is 1.25. The molecule has 0 bridgehead atoms. The molecule has 0 rings (SSSR count). The van der Waals surface area contributed by atoms with Crippen LogP contribution in [-0.2, 0) is 9.53 Å². The number of aliphatic hydroxyl groups is 1. The molecule has 15 heavy (non-hydrogen) atoms. The second-order valence-electron chi connectivity index (χ2n) is 3.57. The van der Waals surface area contributed by atoms with Gasteiger partial charge in [0.05, 0.1) is 7.11 Å². The highest BCUT2D eigenvalue weighted by molar-refractivity contribution is 8.00. The molecular formula is C10H21NO3S. The van der Waals surface area contributed by atoms with Gasteiger partial charge in [-0.05, 0) is 12.3 Å². The minimum absolute atomic E-state index is 0.166. The van der Waals surface area contributed by atoms with Crippen LogP contribution >= 0.6 is 11.8 Å². The van der Waals surface area contributed by atoms with Crippen LogP contribution in [0, 0.1) is 5.92 Å². The topological polar surface area (TPSA) is 72.6 Å². The smallest absolute Gasteiger partial charge is 0.323 e. The Balaban J connectivity index is 3.95. The van der Waals surface area contributed by atoms with Crippen molar-refractivity contribution >= 4 is 17.7 Å². The Bertz CT molecular complexity index is 190. The van der Waals surface area contributed by atoms with E-state index in [-0.39, 0.29) is 18.5 Å². The van der Waals surface area contributed by atoms with Crippen molar-refractivity contribution in [3.05, 3.63) is 0 Å². The van der Waals surface area contributed by atoms with Crippen molar-refractivity contribution in [2.75, 3.05) is 19.5 Å². The van der Waals surface area contributed by atoms with Crippen LogP contribution < -0.4 is 5.73 Å². The first-order valence-electron chi connectivity index (χ1n) is 5.12. The van der Waals surface area contributed by atoms with Gasteiger partial charge in [0.25, 0.3) is 0 Å². The van der Waals surface area contributed by atoms with Gasteiger partial charge < -0.3 is 15.6 Å². The highest BCUT2D eigenvalue weighted by Crippen LogP contribution is 2.23. The van der Waals surface area contributed by atoms with E-state index in [1.807, 2.05) is 6.92 Å². The lowest BCUT2D eigenvalue weighted by Crippen LogP contribution is -2.35. The average Bonchev–Trinajstić information content (AvgIpc) is 2.27. The third-order valence-corrected chi connectivity index (χ3v) is 4.10. The molecule has 90 valence electrons. The second kappa shape index (κ2) is 7.96. The van der Waals surface area contributed by atoms with E-state index in [1.165, 1.54) is 7.11 Å². The lowest BCUT2D eigenvalue weighted by Gasteiger charge is -2.21. The first-order chi connectivity index (χ1) is 7.06. The van der Waals surface area contributed by atoms with Crippen LogP contribution in [0.15, 0.2) is 0 Å². The second-order valence-corrected chi connectivity index (χ2v) is 4.84. The standard InChI is InChI=1S/C10H21NO3S/c1-4-9(7(2)5-12)15-6-8(11)10(13)14-3/h7-9,12H,4-6,11H2,1-3H3. The van der Waals surface area contributed by atoms with Crippen LogP contribution in [0.5, 0.6) is 0 Å². The molecular weight excluding hydrogens is 214 g/mol. The number of aliphatic hydroxyl groups excluding tert-OH is 1. The molecule has 0 aliphatic carbocycles. The SMILES string of the molecule is CCC(SCC(N)C(=O)OC)C(C)CO. The van der Waals surface area contributed by atoms with Crippen molar-refractivity contribution < 1.29 is 14.6 Å². The predicted octanol–water partition coefficient (Wildman–Crippen LogP) is 0.627. The number of thioether (sulfide) groups is 1. The number of methoxy groups -OCH3 is 1. The van der Waals surface area contributed by atoms with Gasteiger partial charge in [-0.1, -0.05) is 13.8 Å². The van der Waals surface area contributed by atoms with Crippen LogP contribution in [-0.4, -0.2) is 41.8 Å². The number of rotatable bonds is 7. The molecule has 0 aliphatic rings. The number of carbonyl (C=O) groups excluding carboxylic acids is 1. The van der Waals surface area contributed by atoms with Gasteiger partial charge in [0.2, 0.25) is 0 Å². The molecule has 5 heteroatoms. The number of carbonyl (C=O) groups is 1. The number of hydrogen-bond acceptors (Lipinski definition) is 5. The van der Waals surface area contributed by atoms with Crippen molar-refractivity contribution in [1.82, 2.24) is 0 Å². The molecule has 0 saturated heterocycles. The van der Waals surface area contributed by atoms with Crippen molar-refractivity contribution in [1.29, 1.82) is 0 Å². The number of esters is 1. The molecule has 0 aliphatic heterocycles. The largest absolute Gasteiger partial charge is 0.468 e. The van der Waals surface area contributed by atoms with Crippen molar-refractivity contribution in [2.45, 2.75) is 31.6 Å². The van der Waals surface area contributed by atoms with Gasteiger partial charge in [-0.15, -0.1) is 0 Å². The zero-order chi connectivity index (χ0) is 11.8. The van der Waals surface area contributed by atoms with E-state index in [4.69, 9.17) is 10.8 Å². The molecule has 3 atom stereocenters. The van der Waals surface area contributed by atoms with Gasteiger partial charge in [-0.3, -0.25) is 4.79 Å². The Hall–Kier alpha value is -0.260. The van der Waals surface area contributed by atoms with Crippen LogP contribution in [0.2, 0.25) is 0 Å². The fraction of sp³-hybridized carbons (Fsp3) is 0.900. The summed E-state index contributed by atoms with van der Waals surface area (Å²) in [4.78, 5) is 11.0. The summed E-state index contributed by atoms with van der Waals surface area (Å²) in [5, 5.41) is 9.36. The fourth-order valence-corrected chi connectivity index (χ4v) is 2.49. The molecule has 0 aromatic heterocycles. The van der Waals surface area contributed by atoms with Crippen LogP contribution in [0.4, 0.5) is 0 Å². The Morgan fingerprint density at radius 1 is 1.60 bits per heavy atom. The summed E-state index contributed by atoms with van der Waals surface area (Å²) >= 11 is 1.62. The number of hydrogen-bond donors (Lipinski definition) is 2. The molecule has 0 aromatic rings. The lowest BCUT2D eigenvalue weighted by atomic mass is 10.1. The Labute approximate surface area is 95.6 Å². The molecule has 0 amide bonds. The van der Waals surface area contributed by atoms with Gasteiger partial charge in [0.15, 0.2) is 0 Å². The third kappa shape index (κ3) is 5.39. The minimum Gasteiger partial charge on any atom is -0.468 e. The summed E-state index contributed by atoms with van der Waals surface area (Å²) in [6.45, 7) is 4.22. The maximum Gasteiger partial charge on any atom is 0.323 e. The molecule has 0 heterocycles. The highest BCUT2D eigenvalue weighted by atomic mass is 32.2. The molecule has 0 fully saturated rings. The van der Waals surface area contributed by atoms with Gasteiger partial charge in [-0.2, -0.15) is 11.8 Å². The minimum atomic E-state index is -0.569. The Morgan fingerprint density at radius 3 is 2.60 bits per heavy atom. The zero-order valence-corrected chi connectivity index (χ0v) is 10.4. The van der Waals surface area contributed by atoms with E-state index in [1.54, 1.807) is 11.8 Å². The van der Waals surface area contributed by atoms with E-state index in [0.29, 0.717) is 11.0 Å². The average molecular weight is 235 g/mol. The summed E-state index contributed by atoms with van der Waals surface area (Å²) < 4.78 is 4.54. The van der Waals surface area contributed by atoms with E-state index >= 15 is 0 Å². The van der Waals surface area contributed by atoms with Crippen LogP contribution in [0.3, 0.4) is 0 Å². The van der Waals surface area contributed by atoms with Crippen molar-refractivity contribution in [3.8, 4) is 0 Å². The van der Waals surface area contributed by atoms with Crippen LogP contribution in [0.25, 0.3) is 0 Å². The van der Waals surface area contributed by atoms with E-state index in [9.17, 15) is 4.79 Å². The molecule has 3 unspecified atom stereocenters. The van der Waals surface area contributed by atoms with E-state index in [0.717, 1.165) is 6.42 Å². The lowest BCUT2D eigenvalue weighted by molar-refractivity contribution is -0.141. The summed E-state index contributed by atoms with van der Waals surface area (Å²) in [7, 11) is 1.33. The van der Waals surface area contributed by atoms with Gasteiger partial charge in [0, 0.05) is 17.6 Å². The summed E-state index contributed by atoms with van der Waals surface area (Å²) in [5.74, 6) is 0.383. The number of ether oxygens (including phenoxy) is 1. The molecule has 0 aromatic carbocycles. The molecule has 0 radical (unpaired) electrons. The van der Waals surface area contributed by atoms with Gasteiger partial charge in [-0.25, -0.2) is 0 Å². The van der Waals surface area contributed by atoms with E-state index < -0.39 is 6.04 Å². The maximum atomic E-state index is 11.0. The zero-order valence-electron chi connectivity index (χ0n) is 9.60. The van der Waals surface area contributed by atoms with Gasteiger partial charge in [0.1, 0.15) is 6.04 Å². The summed E-state index contributed by atoms with van der Waals surface area (Å²) in [6.07, 6.45) is 0.959. The predicted molar refractivity (Wildman–Crippen MR) is 62.8 cm³/mol. The third-order valence-electron chi connectivity index (χ3n) is 2.32.